The van der Waals surface area contributed by atoms with E-state index < -0.39 is 23.7 Å². The number of halogens is 4. The van der Waals surface area contributed by atoms with Crippen LogP contribution in [-0.4, -0.2) is 26.1 Å². The maximum Gasteiger partial charge on any atom is 0.417 e. The van der Waals surface area contributed by atoms with Crippen molar-refractivity contribution in [2.45, 2.75) is 25.7 Å². The van der Waals surface area contributed by atoms with Gasteiger partial charge >= 0.3 is 6.18 Å². The zero-order valence-electron chi connectivity index (χ0n) is 21.1. The number of carbonyl (C=O) groups is 1. The van der Waals surface area contributed by atoms with Crippen molar-refractivity contribution in [3.05, 3.63) is 100 Å². The number of rotatable bonds is 7. The molecule has 12 heteroatoms. The van der Waals surface area contributed by atoms with Crippen molar-refractivity contribution in [2.75, 3.05) is 11.1 Å². The summed E-state index contributed by atoms with van der Waals surface area (Å²) in [6.45, 7) is 1.95. The van der Waals surface area contributed by atoms with Crippen LogP contribution in [0, 0.1) is 0 Å². The third-order valence-corrected chi connectivity index (χ3v) is 6.62. The average Bonchev–Trinajstić information content (AvgIpc) is 3.31. The summed E-state index contributed by atoms with van der Waals surface area (Å²) in [7, 11) is 0. The summed E-state index contributed by atoms with van der Waals surface area (Å²) < 4.78 is 40.3. The van der Waals surface area contributed by atoms with Crippen LogP contribution in [0.25, 0.3) is 22.2 Å². The Morgan fingerprint density at radius 1 is 1.02 bits per heavy atom. The molecule has 5 rings (SSSR count). The molecule has 0 aliphatic carbocycles. The number of hydrogen-bond donors (Lipinski definition) is 4. The van der Waals surface area contributed by atoms with Crippen molar-refractivity contribution in [2.24, 2.45) is 0 Å². The number of alkyl halides is 3. The number of nitrogens with two attached hydrogens (primary N) is 1. The van der Waals surface area contributed by atoms with Gasteiger partial charge in [-0.25, -0.2) is 9.97 Å². The van der Waals surface area contributed by atoms with E-state index in [-0.39, 0.29) is 17.9 Å². The Morgan fingerprint density at radius 3 is 2.45 bits per heavy atom. The van der Waals surface area contributed by atoms with Gasteiger partial charge in [-0.1, -0.05) is 48.0 Å². The average molecular weight is 566 g/mol. The third kappa shape index (κ3) is 5.84. The van der Waals surface area contributed by atoms with Crippen molar-refractivity contribution in [3.8, 4) is 11.1 Å². The number of anilines is 2. The normalized spacial score (nSPS) is 12.3. The molecular formula is C28H23ClF3N7O. The monoisotopic (exact) mass is 565 g/mol. The number of amides is 1. The maximum atomic E-state index is 13.4. The molecule has 0 fully saturated rings. The van der Waals surface area contributed by atoms with Crippen molar-refractivity contribution < 1.29 is 18.0 Å². The first-order valence-electron chi connectivity index (χ1n) is 12.1. The van der Waals surface area contributed by atoms with Crippen LogP contribution in [0.15, 0.2) is 73.1 Å². The minimum atomic E-state index is -4.66. The minimum Gasteiger partial charge on any atom is -0.382 e. The molecule has 3 heterocycles. The quantitative estimate of drug-likeness (QED) is 0.182. The maximum absolute atomic E-state index is 13.4. The zero-order valence-corrected chi connectivity index (χ0v) is 21.8. The Bertz CT molecular complexity index is 1670. The fourth-order valence-corrected chi connectivity index (χ4v) is 4.25. The first-order valence-corrected chi connectivity index (χ1v) is 12.5. The van der Waals surface area contributed by atoms with E-state index in [4.69, 9.17) is 17.3 Å². The molecular weight excluding hydrogens is 543 g/mol. The summed E-state index contributed by atoms with van der Waals surface area (Å²) in [4.78, 5) is 21.4. The summed E-state index contributed by atoms with van der Waals surface area (Å²) in [6.07, 6.45) is -2.25. The van der Waals surface area contributed by atoms with E-state index in [1.807, 2.05) is 30.3 Å². The van der Waals surface area contributed by atoms with Crippen LogP contribution in [0.5, 0.6) is 0 Å². The number of nitrogens with zero attached hydrogens (tertiary/aromatic N) is 3. The van der Waals surface area contributed by atoms with Gasteiger partial charge in [-0.15, -0.1) is 0 Å². The lowest BCUT2D eigenvalue weighted by Crippen LogP contribution is -2.28. The van der Waals surface area contributed by atoms with Gasteiger partial charge in [-0.05, 0) is 47.9 Å². The molecule has 8 nitrogen and oxygen atoms in total. The van der Waals surface area contributed by atoms with Crippen LogP contribution in [0.2, 0.25) is 5.02 Å². The summed E-state index contributed by atoms with van der Waals surface area (Å²) in [6, 6.07) is 16.5. The number of benzene rings is 2. The van der Waals surface area contributed by atoms with Gasteiger partial charge in [0.15, 0.2) is 11.5 Å². The molecule has 0 bridgehead atoms. The van der Waals surface area contributed by atoms with Gasteiger partial charge in [0.05, 0.1) is 22.6 Å². The highest BCUT2D eigenvalue weighted by molar-refractivity contribution is 6.30. The standard InChI is InChI=1S/C28H23ClF3N7O/c1-15(17-6-8-21(29)9-7-17)37-27(40)23-11-20(28(30,31)32)14-36-25(23)34-12-16-2-4-18(5-3-16)19-10-22-24(33)38-39-26(22)35-13-19/h2-11,13-15H,12H2,1H3,(H,34,36)(H,37,40)(H3,33,35,38,39)/t15-/m0/s1. The summed E-state index contributed by atoms with van der Waals surface area (Å²) in [5.41, 5.74) is 8.54. The van der Waals surface area contributed by atoms with Crippen molar-refractivity contribution >= 4 is 40.2 Å². The molecule has 40 heavy (non-hydrogen) atoms. The topological polar surface area (TPSA) is 122 Å². The molecule has 0 saturated carbocycles. The van der Waals surface area contributed by atoms with E-state index in [1.54, 1.807) is 37.4 Å². The summed E-state index contributed by atoms with van der Waals surface area (Å²) in [5, 5.41) is 13.7. The number of fused-ring (bicyclic) bond motifs is 1. The van der Waals surface area contributed by atoms with Crippen LogP contribution >= 0.6 is 11.6 Å². The van der Waals surface area contributed by atoms with Crippen molar-refractivity contribution in [1.82, 2.24) is 25.5 Å². The van der Waals surface area contributed by atoms with Crippen LogP contribution in [0.4, 0.5) is 24.8 Å². The SMILES string of the molecule is C[C@H](NC(=O)c1cc(C(F)(F)F)cnc1NCc1ccc(-c2cnc3[nH]nc(N)c3c2)cc1)c1ccc(Cl)cc1. The molecule has 204 valence electrons. The van der Waals surface area contributed by atoms with E-state index in [1.165, 1.54) is 0 Å². The number of nitrogens with one attached hydrogen (secondary N) is 3. The lowest BCUT2D eigenvalue weighted by atomic mass is 10.0. The molecule has 1 amide bonds. The van der Waals surface area contributed by atoms with Crippen LogP contribution < -0.4 is 16.4 Å². The number of pyridine rings is 2. The number of H-pyrrole nitrogens is 1. The van der Waals surface area contributed by atoms with E-state index in [9.17, 15) is 18.0 Å². The van der Waals surface area contributed by atoms with Gasteiger partial charge in [0.2, 0.25) is 0 Å². The number of carbonyl (C=O) groups excluding carboxylic acids is 1. The van der Waals surface area contributed by atoms with Crippen LogP contribution in [-0.2, 0) is 12.7 Å². The molecule has 2 aromatic carbocycles. The molecule has 5 aromatic rings. The number of aromatic amines is 1. The second-order valence-electron chi connectivity index (χ2n) is 9.14. The highest BCUT2D eigenvalue weighted by Crippen LogP contribution is 2.31. The van der Waals surface area contributed by atoms with Gasteiger partial charge in [-0.3, -0.25) is 9.89 Å². The third-order valence-electron chi connectivity index (χ3n) is 6.37. The second-order valence-corrected chi connectivity index (χ2v) is 9.58. The highest BCUT2D eigenvalue weighted by Gasteiger charge is 2.32. The van der Waals surface area contributed by atoms with Gasteiger partial charge in [0, 0.05) is 29.5 Å². The highest BCUT2D eigenvalue weighted by atomic mass is 35.5. The molecule has 0 aliphatic heterocycles. The first-order chi connectivity index (χ1) is 19.1. The molecule has 0 radical (unpaired) electrons. The lowest BCUT2D eigenvalue weighted by molar-refractivity contribution is -0.137. The predicted molar refractivity (Wildman–Crippen MR) is 148 cm³/mol. The molecule has 0 spiro atoms. The largest absolute Gasteiger partial charge is 0.417 e. The van der Waals surface area contributed by atoms with Gasteiger partial charge in [0.25, 0.3) is 5.91 Å². The molecule has 5 N–H and O–H groups in total. The van der Waals surface area contributed by atoms with Crippen LogP contribution in [0.3, 0.4) is 0 Å². The van der Waals surface area contributed by atoms with Crippen molar-refractivity contribution in [1.29, 1.82) is 0 Å². The van der Waals surface area contributed by atoms with E-state index >= 15 is 0 Å². The van der Waals surface area contributed by atoms with E-state index in [2.05, 4.69) is 30.8 Å². The molecule has 0 saturated heterocycles. The fourth-order valence-electron chi connectivity index (χ4n) is 4.12. The number of hydrogen-bond acceptors (Lipinski definition) is 6. The zero-order chi connectivity index (χ0) is 28.4. The molecule has 0 aliphatic rings. The number of nitrogen functional groups attached to an aromatic ring is 1. The second kappa shape index (κ2) is 10.9. The smallest absolute Gasteiger partial charge is 0.382 e. The number of aromatic nitrogens is 4. The van der Waals surface area contributed by atoms with E-state index in [0.29, 0.717) is 28.1 Å². The summed E-state index contributed by atoms with van der Waals surface area (Å²) >= 11 is 5.93. The molecule has 3 aromatic heterocycles. The van der Waals surface area contributed by atoms with Crippen molar-refractivity contribution in [3.63, 3.8) is 0 Å². The van der Waals surface area contributed by atoms with Gasteiger partial charge in [-0.2, -0.15) is 18.3 Å². The Labute approximate surface area is 231 Å². The molecule has 0 unspecified atom stereocenters. The van der Waals surface area contributed by atoms with Crippen LogP contribution in [0.1, 0.15) is 40.0 Å². The lowest BCUT2D eigenvalue weighted by Gasteiger charge is -2.18. The van der Waals surface area contributed by atoms with Gasteiger partial charge in [0.1, 0.15) is 5.82 Å². The molecule has 1 atom stereocenters. The Balaban J connectivity index is 1.34. The van der Waals surface area contributed by atoms with E-state index in [0.717, 1.165) is 28.3 Å². The minimum absolute atomic E-state index is 0.0305. The van der Waals surface area contributed by atoms with Gasteiger partial charge < -0.3 is 16.4 Å². The predicted octanol–water partition coefficient (Wildman–Crippen LogP) is 6.38. The Kier molecular flexibility index (Phi) is 7.31. The fraction of sp³-hybridized carbons (Fsp3) is 0.143. The Morgan fingerprint density at radius 2 is 1.75 bits per heavy atom. The Hall–Kier alpha value is -4.64. The summed E-state index contributed by atoms with van der Waals surface area (Å²) in [5.74, 6) is -0.306. The first kappa shape index (κ1) is 26.9.